The first-order valence-electron chi connectivity index (χ1n) is 7.38. The van der Waals surface area contributed by atoms with Crippen LogP contribution >= 0.6 is 11.6 Å². The van der Waals surface area contributed by atoms with E-state index in [1.54, 1.807) is 6.21 Å². The number of benzene rings is 2. The van der Waals surface area contributed by atoms with Crippen LogP contribution in [0.4, 0.5) is 5.95 Å². The van der Waals surface area contributed by atoms with Gasteiger partial charge in [-0.15, -0.1) is 10.2 Å². The van der Waals surface area contributed by atoms with Crippen LogP contribution in [0.3, 0.4) is 0 Å². The van der Waals surface area contributed by atoms with Crippen LogP contribution in [-0.2, 0) is 6.61 Å². The average Bonchev–Trinajstić information content (AvgIpc) is 2.62. The largest absolute Gasteiger partial charge is 0.489 e. The number of hydrogen-bond donors (Lipinski definition) is 2. The molecular weight excluding hydrogens is 342 g/mol. The molecule has 0 bridgehead atoms. The van der Waals surface area contributed by atoms with E-state index >= 15 is 0 Å². The van der Waals surface area contributed by atoms with E-state index in [-0.39, 0.29) is 11.5 Å². The topological polar surface area (TPSA) is 92.3 Å². The van der Waals surface area contributed by atoms with Gasteiger partial charge in [0.1, 0.15) is 18.6 Å². The number of ether oxygens (including phenoxy) is 1. The summed E-state index contributed by atoms with van der Waals surface area (Å²) in [6, 6.07) is 14.9. The first-order chi connectivity index (χ1) is 12.2. The third-order valence-electron chi connectivity index (χ3n) is 3.17. The molecule has 3 aromatic rings. The fourth-order valence-electron chi connectivity index (χ4n) is 1.99. The summed E-state index contributed by atoms with van der Waals surface area (Å²) < 4.78 is 5.76. The van der Waals surface area contributed by atoms with Gasteiger partial charge in [-0.2, -0.15) is 5.10 Å². The molecule has 2 aromatic carbocycles. The summed E-state index contributed by atoms with van der Waals surface area (Å²) >= 11 is 6.11. The number of H-pyrrole nitrogens is 1. The summed E-state index contributed by atoms with van der Waals surface area (Å²) in [7, 11) is 0. The Kier molecular flexibility index (Phi) is 5.38. The molecular formula is C17H14ClN5O2. The van der Waals surface area contributed by atoms with Crippen LogP contribution in [0, 0.1) is 0 Å². The minimum Gasteiger partial charge on any atom is -0.489 e. The van der Waals surface area contributed by atoms with Crippen molar-refractivity contribution in [2.75, 3.05) is 5.43 Å². The Balaban J connectivity index is 1.62. The van der Waals surface area contributed by atoms with E-state index in [9.17, 15) is 4.79 Å². The second-order valence-electron chi connectivity index (χ2n) is 5.01. The van der Waals surface area contributed by atoms with Gasteiger partial charge >= 0.3 is 0 Å². The molecule has 0 saturated heterocycles. The van der Waals surface area contributed by atoms with Crippen molar-refractivity contribution in [3.63, 3.8) is 0 Å². The van der Waals surface area contributed by atoms with E-state index in [1.165, 1.54) is 0 Å². The summed E-state index contributed by atoms with van der Waals surface area (Å²) in [6.07, 6.45) is 2.66. The van der Waals surface area contributed by atoms with Crippen molar-refractivity contribution in [1.29, 1.82) is 0 Å². The molecule has 0 unspecified atom stereocenters. The lowest BCUT2D eigenvalue weighted by Gasteiger charge is -2.08. The van der Waals surface area contributed by atoms with E-state index in [1.807, 2.05) is 48.5 Å². The van der Waals surface area contributed by atoms with Gasteiger partial charge in [0.15, 0.2) is 0 Å². The van der Waals surface area contributed by atoms with Crippen molar-refractivity contribution in [2.24, 2.45) is 5.10 Å². The number of aromatic nitrogens is 3. The molecule has 126 valence electrons. The average molecular weight is 356 g/mol. The van der Waals surface area contributed by atoms with Gasteiger partial charge in [-0.05, 0) is 23.8 Å². The second kappa shape index (κ2) is 8.07. The molecule has 1 aromatic heterocycles. The Hall–Kier alpha value is -3.19. The van der Waals surface area contributed by atoms with Gasteiger partial charge in [-0.3, -0.25) is 9.78 Å². The van der Waals surface area contributed by atoms with Crippen LogP contribution in [0.15, 0.2) is 64.6 Å². The molecule has 7 nitrogen and oxygen atoms in total. The molecule has 2 N–H and O–H groups in total. The molecule has 0 atom stereocenters. The molecule has 1 heterocycles. The van der Waals surface area contributed by atoms with E-state index in [4.69, 9.17) is 16.3 Å². The predicted molar refractivity (Wildman–Crippen MR) is 96.1 cm³/mol. The first kappa shape index (κ1) is 16.7. The maximum absolute atomic E-state index is 11.1. The van der Waals surface area contributed by atoms with Crippen molar-refractivity contribution in [2.45, 2.75) is 6.61 Å². The number of anilines is 1. The molecule has 25 heavy (non-hydrogen) atoms. The fraction of sp³-hybridized carbons (Fsp3) is 0.0588. The van der Waals surface area contributed by atoms with Crippen LogP contribution in [0.2, 0.25) is 5.02 Å². The number of nitrogens with zero attached hydrogens (tertiary/aromatic N) is 3. The lowest BCUT2D eigenvalue weighted by atomic mass is 10.2. The van der Waals surface area contributed by atoms with Crippen molar-refractivity contribution < 1.29 is 4.74 Å². The SMILES string of the molecule is O=c1cnnc(N/N=C/c2cccc(OCc3ccccc3Cl)c2)[nH]1. The van der Waals surface area contributed by atoms with E-state index in [0.717, 1.165) is 17.3 Å². The third kappa shape index (κ3) is 4.89. The highest BCUT2D eigenvalue weighted by Gasteiger charge is 2.01. The zero-order valence-corrected chi connectivity index (χ0v) is 13.8. The molecule has 0 aliphatic rings. The first-order valence-corrected chi connectivity index (χ1v) is 7.76. The third-order valence-corrected chi connectivity index (χ3v) is 3.54. The fourth-order valence-corrected chi connectivity index (χ4v) is 2.18. The minimum atomic E-state index is -0.359. The lowest BCUT2D eigenvalue weighted by Crippen LogP contribution is -2.10. The Morgan fingerprint density at radius 3 is 2.96 bits per heavy atom. The maximum atomic E-state index is 11.1. The normalized spacial score (nSPS) is 10.8. The monoisotopic (exact) mass is 355 g/mol. The van der Waals surface area contributed by atoms with Gasteiger partial charge in [0.05, 0.1) is 6.21 Å². The number of hydrazone groups is 1. The summed E-state index contributed by atoms with van der Waals surface area (Å²) in [6.45, 7) is 0.374. The van der Waals surface area contributed by atoms with Gasteiger partial charge in [-0.25, -0.2) is 5.43 Å². The van der Waals surface area contributed by atoms with Crippen LogP contribution in [0.1, 0.15) is 11.1 Å². The lowest BCUT2D eigenvalue weighted by molar-refractivity contribution is 0.306. The summed E-state index contributed by atoms with van der Waals surface area (Å²) in [4.78, 5) is 13.6. The van der Waals surface area contributed by atoms with E-state index in [0.29, 0.717) is 17.4 Å². The number of rotatable bonds is 6. The summed E-state index contributed by atoms with van der Waals surface area (Å²) in [5.74, 6) is 0.853. The highest BCUT2D eigenvalue weighted by Crippen LogP contribution is 2.19. The summed E-state index contributed by atoms with van der Waals surface area (Å²) in [5, 5.41) is 11.9. The van der Waals surface area contributed by atoms with Crippen LogP contribution in [-0.4, -0.2) is 21.4 Å². The molecule has 0 radical (unpaired) electrons. The van der Waals surface area contributed by atoms with Gasteiger partial charge in [0, 0.05) is 10.6 Å². The Labute approximate surface area is 148 Å². The Bertz CT molecular complexity index is 942. The predicted octanol–water partition coefficient (Wildman–Crippen LogP) is 2.84. The van der Waals surface area contributed by atoms with Crippen LogP contribution in [0.25, 0.3) is 0 Å². The Morgan fingerprint density at radius 2 is 2.12 bits per heavy atom. The van der Waals surface area contributed by atoms with Crippen molar-refractivity contribution in [1.82, 2.24) is 15.2 Å². The quantitative estimate of drug-likeness (QED) is 0.524. The van der Waals surface area contributed by atoms with Gasteiger partial charge in [-0.1, -0.05) is 41.9 Å². The van der Waals surface area contributed by atoms with Gasteiger partial charge in [0.2, 0.25) is 5.95 Å². The molecule has 0 aliphatic heterocycles. The highest BCUT2D eigenvalue weighted by atomic mass is 35.5. The molecule has 8 heteroatoms. The molecule has 3 rings (SSSR count). The summed E-state index contributed by atoms with van der Waals surface area (Å²) in [5.41, 5.74) is 3.97. The minimum absolute atomic E-state index is 0.162. The van der Waals surface area contributed by atoms with E-state index in [2.05, 4.69) is 25.7 Å². The number of halogens is 1. The molecule has 0 aliphatic carbocycles. The zero-order chi connectivity index (χ0) is 17.5. The van der Waals surface area contributed by atoms with E-state index < -0.39 is 0 Å². The molecule has 0 spiro atoms. The van der Waals surface area contributed by atoms with Crippen molar-refractivity contribution in [3.05, 3.63) is 81.2 Å². The molecule has 0 amide bonds. The zero-order valence-electron chi connectivity index (χ0n) is 13.0. The maximum Gasteiger partial charge on any atom is 0.271 e. The van der Waals surface area contributed by atoms with Crippen LogP contribution < -0.4 is 15.7 Å². The Morgan fingerprint density at radius 1 is 1.24 bits per heavy atom. The standard InChI is InChI=1S/C17H14ClN5O2/c18-15-7-2-1-5-13(15)11-25-14-6-3-4-12(8-14)9-19-22-17-21-16(24)10-20-23-17/h1-10H,11H2,(H2,21,22,23,24)/b19-9+. The smallest absolute Gasteiger partial charge is 0.271 e. The molecule has 0 fully saturated rings. The van der Waals surface area contributed by atoms with Gasteiger partial charge < -0.3 is 4.74 Å². The number of hydrogen-bond acceptors (Lipinski definition) is 6. The van der Waals surface area contributed by atoms with Crippen molar-refractivity contribution >= 4 is 23.8 Å². The molecule has 0 saturated carbocycles. The highest BCUT2D eigenvalue weighted by molar-refractivity contribution is 6.31. The van der Waals surface area contributed by atoms with Crippen LogP contribution in [0.5, 0.6) is 5.75 Å². The van der Waals surface area contributed by atoms with Gasteiger partial charge in [0.25, 0.3) is 5.56 Å². The van der Waals surface area contributed by atoms with Crippen molar-refractivity contribution in [3.8, 4) is 5.75 Å². The number of aromatic amines is 1. The second-order valence-corrected chi connectivity index (χ2v) is 5.41. The number of nitrogens with one attached hydrogen (secondary N) is 2.